The van der Waals surface area contributed by atoms with Crippen LogP contribution in [0.2, 0.25) is 5.02 Å². The first-order valence-electron chi connectivity index (χ1n) is 7.68. The lowest BCUT2D eigenvalue weighted by molar-refractivity contribution is 0.0120. The number of benzene rings is 2. The lowest BCUT2D eigenvalue weighted by Crippen LogP contribution is -2.31. The zero-order valence-electron chi connectivity index (χ0n) is 12.9. The molecule has 0 aromatic heterocycles. The molecule has 1 N–H and O–H groups in total. The van der Waals surface area contributed by atoms with Crippen LogP contribution in [0.25, 0.3) is 0 Å². The van der Waals surface area contributed by atoms with Crippen molar-refractivity contribution in [3.05, 3.63) is 64.7 Å². The molecule has 0 atom stereocenters. The van der Waals surface area contributed by atoms with Gasteiger partial charge in [0.2, 0.25) is 0 Å². The number of rotatable bonds is 4. The smallest absolute Gasteiger partial charge is 0.267 e. The van der Waals surface area contributed by atoms with Gasteiger partial charge in [-0.2, -0.15) is 0 Å². The van der Waals surface area contributed by atoms with Gasteiger partial charge in [-0.05, 0) is 42.0 Å². The van der Waals surface area contributed by atoms with Gasteiger partial charge in [0.1, 0.15) is 0 Å². The van der Waals surface area contributed by atoms with E-state index in [1.807, 2.05) is 24.3 Å². The Kier molecular flexibility index (Phi) is 4.71. The van der Waals surface area contributed by atoms with Crippen molar-refractivity contribution in [2.45, 2.75) is 18.9 Å². The van der Waals surface area contributed by atoms with Gasteiger partial charge in [0.25, 0.3) is 11.8 Å². The summed E-state index contributed by atoms with van der Waals surface area (Å²) in [6, 6.07) is 14.4. The van der Waals surface area contributed by atoms with Crippen LogP contribution >= 0.6 is 11.6 Å². The summed E-state index contributed by atoms with van der Waals surface area (Å²) in [5.41, 5.74) is 2.36. The molecule has 0 bridgehead atoms. The molecule has 2 aromatic carbocycles. The normalized spacial score (nSPS) is 16.2. The van der Waals surface area contributed by atoms with Crippen LogP contribution in [0.4, 0.5) is 14.5 Å². The van der Waals surface area contributed by atoms with Crippen LogP contribution in [-0.4, -0.2) is 29.8 Å². The Hall–Kier alpha value is -2.14. The Labute approximate surface area is 144 Å². The Morgan fingerprint density at radius 3 is 2.38 bits per heavy atom. The number of amides is 1. The third-order valence-electron chi connectivity index (χ3n) is 4.00. The number of anilines is 1. The number of nitrogens with zero attached hydrogens (tertiary/aromatic N) is 1. The number of halogens is 3. The molecule has 6 heteroatoms. The minimum absolute atomic E-state index is 0.0996. The number of alkyl halides is 2. The van der Waals surface area contributed by atoms with Gasteiger partial charge >= 0.3 is 0 Å². The van der Waals surface area contributed by atoms with E-state index in [1.165, 1.54) is 4.90 Å². The number of hydrogen-bond acceptors (Lipinski definition) is 2. The second kappa shape index (κ2) is 6.77. The van der Waals surface area contributed by atoms with Gasteiger partial charge in [0.15, 0.2) is 0 Å². The van der Waals surface area contributed by atoms with Crippen molar-refractivity contribution in [1.82, 2.24) is 4.90 Å². The average Bonchev–Trinajstić information content (AvgIpc) is 2.94. The van der Waals surface area contributed by atoms with Crippen LogP contribution in [-0.2, 0) is 6.54 Å². The highest BCUT2D eigenvalue weighted by Gasteiger charge is 2.40. The van der Waals surface area contributed by atoms with Crippen molar-refractivity contribution in [1.29, 1.82) is 0 Å². The lowest BCUT2D eigenvalue weighted by atomic mass is 10.1. The van der Waals surface area contributed by atoms with E-state index < -0.39 is 12.5 Å². The maximum atomic E-state index is 13.2. The summed E-state index contributed by atoms with van der Waals surface area (Å²) in [5.74, 6) is -3.12. The highest BCUT2D eigenvalue weighted by molar-refractivity contribution is 6.30. The second-order valence-electron chi connectivity index (χ2n) is 5.89. The number of nitrogens with one attached hydrogen (secondary N) is 1. The molecule has 0 saturated carbocycles. The quantitative estimate of drug-likeness (QED) is 0.884. The fraction of sp³-hybridized carbons (Fsp3) is 0.278. The first-order valence-corrected chi connectivity index (χ1v) is 8.06. The van der Waals surface area contributed by atoms with E-state index in [9.17, 15) is 13.6 Å². The van der Waals surface area contributed by atoms with E-state index >= 15 is 0 Å². The molecule has 1 heterocycles. The van der Waals surface area contributed by atoms with Crippen LogP contribution in [0.15, 0.2) is 48.5 Å². The van der Waals surface area contributed by atoms with Gasteiger partial charge in [-0.25, -0.2) is 8.78 Å². The van der Waals surface area contributed by atoms with Gasteiger partial charge in [0.05, 0.1) is 6.54 Å². The standard InChI is InChI=1S/C18H17ClF2N2O/c19-15-5-1-13(2-6-15)11-22-16-7-3-14(4-8-16)17(24)23-10-9-18(20,21)12-23/h1-8,22H,9-12H2. The largest absolute Gasteiger partial charge is 0.381 e. The zero-order chi connectivity index (χ0) is 17.2. The Balaban J connectivity index is 1.59. The average molecular weight is 351 g/mol. The molecule has 0 radical (unpaired) electrons. The van der Waals surface area contributed by atoms with Crippen LogP contribution in [0, 0.1) is 0 Å². The molecule has 1 fully saturated rings. The van der Waals surface area contributed by atoms with Crippen molar-refractivity contribution in [2.75, 3.05) is 18.4 Å². The number of carbonyl (C=O) groups excluding carboxylic acids is 1. The molecule has 1 saturated heterocycles. The SMILES string of the molecule is O=C(c1ccc(NCc2ccc(Cl)cc2)cc1)N1CCC(F)(F)C1. The summed E-state index contributed by atoms with van der Waals surface area (Å²) in [7, 11) is 0. The van der Waals surface area contributed by atoms with E-state index in [1.54, 1.807) is 24.3 Å². The topological polar surface area (TPSA) is 32.3 Å². The van der Waals surface area contributed by atoms with Crippen molar-refractivity contribution in [3.8, 4) is 0 Å². The fourth-order valence-corrected chi connectivity index (χ4v) is 2.75. The highest BCUT2D eigenvalue weighted by Crippen LogP contribution is 2.28. The summed E-state index contributed by atoms with van der Waals surface area (Å²) in [5, 5.41) is 3.93. The number of carbonyl (C=O) groups is 1. The molecule has 0 spiro atoms. The lowest BCUT2D eigenvalue weighted by Gasteiger charge is -2.16. The maximum absolute atomic E-state index is 13.2. The summed E-state index contributed by atoms with van der Waals surface area (Å²) >= 11 is 5.84. The Morgan fingerprint density at radius 1 is 1.12 bits per heavy atom. The molecule has 1 aliphatic heterocycles. The molecule has 3 rings (SSSR count). The molecular weight excluding hydrogens is 334 g/mol. The summed E-state index contributed by atoms with van der Waals surface area (Å²) in [6.07, 6.45) is -0.264. The molecule has 0 unspecified atom stereocenters. The van der Waals surface area contributed by atoms with Crippen molar-refractivity contribution >= 4 is 23.2 Å². The van der Waals surface area contributed by atoms with Gasteiger partial charge < -0.3 is 10.2 Å². The van der Waals surface area contributed by atoms with E-state index in [0.717, 1.165) is 11.3 Å². The number of hydrogen-bond donors (Lipinski definition) is 1. The fourth-order valence-electron chi connectivity index (χ4n) is 2.63. The van der Waals surface area contributed by atoms with Crippen LogP contribution in [0.5, 0.6) is 0 Å². The molecule has 1 aliphatic rings. The van der Waals surface area contributed by atoms with Crippen LogP contribution < -0.4 is 5.32 Å². The monoisotopic (exact) mass is 350 g/mol. The minimum Gasteiger partial charge on any atom is -0.381 e. The van der Waals surface area contributed by atoms with Crippen LogP contribution in [0.1, 0.15) is 22.3 Å². The molecule has 126 valence electrons. The summed E-state index contributed by atoms with van der Waals surface area (Å²) in [6.45, 7) is 0.230. The van der Waals surface area contributed by atoms with Crippen molar-refractivity contribution in [2.24, 2.45) is 0 Å². The zero-order valence-corrected chi connectivity index (χ0v) is 13.7. The molecule has 3 nitrogen and oxygen atoms in total. The third-order valence-corrected chi connectivity index (χ3v) is 4.25. The van der Waals surface area contributed by atoms with Gasteiger partial charge in [0, 0.05) is 35.8 Å². The molecule has 24 heavy (non-hydrogen) atoms. The number of likely N-dealkylation sites (tertiary alicyclic amines) is 1. The van der Waals surface area contributed by atoms with Gasteiger partial charge in [-0.15, -0.1) is 0 Å². The van der Waals surface area contributed by atoms with Crippen molar-refractivity contribution < 1.29 is 13.6 Å². The van der Waals surface area contributed by atoms with Gasteiger partial charge in [-0.1, -0.05) is 23.7 Å². The highest BCUT2D eigenvalue weighted by atomic mass is 35.5. The predicted octanol–water partition coefficient (Wildman–Crippen LogP) is 4.43. The van der Waals surface area contributed by atoms with E-state index in [4.69, 9.17) is 11.6 Å². The Morgan fingerprint density at radius 2 is 1.79 bits per heavy atom. The first kappa shape index (κ1) is 16.7. The van der Waals surface area contributed by atoms with Gasteiger partial charge in [-0.3, -0.25) is 4.79 Å². The van der Waals surface area contributed by atoms with E-state index in [0.29, 0.717) is 17.1 Å². The predicted molar refractivity (Wildman–Crippen MR) is 90.7 cm³/mol. The molecule has 1 amide bonds. The Bertz CT molecular complexity index is 717. The molecular formula is C18H17ClF2N2O. The van der Waals surface area contributed by atoms with Crippen LogP contribution in [0.3, 0.4) is 0 Å². The van der Waals surface area contributed by atoms with Crippen molar-refractivity contribution in [3.63, 3.8) is 0 Å². The molecule has 2 aromatic rings. The maximum Gasteiger partial charge on any atom is 0.267 e. The summed E-state index contributed by atoms with van der Waals surface area (Å²) < 4.78 is 26.4. The second-order valence-corrected chi connectivity index (χ2v) is 6.33. The van der Waals surface area contributed by atoms with E-state index in [2.05, 4.69) is 5.32 Å². The summed E-state index contributed by atoms with van der Waals surface area (Å²) in [4.78, 5) is 13.4. The first-order chi connectivity index (χ1) is 11.4. The minimum atomic E-state index is -2.77. The van der Waals surface area contributed by atoms with E-state index in [-0.39, 0.29) is 18.9 Å². The molecule has 0 aliphatic carbocycles. The third kappa shape index (κ3) is 4.03.